The third kappa shape index (κ3) is 1.43. The number of nitrogens with two attached hydrogens (primary N) is 1. The van der Waals surface area contributed by atoms with Gasteiger partial charge in [0.2, 0.25) is 0 Å². The van der Waals surface area contributed by atoms with E-state index in [0.29, 0.717) is 0 Å². The third-order valence-corrected chi connectivity index (χ3v) is 2.19. The summed E-state index contributed by atoms with van der Waals surface area (Å²) in [7, 11) is 1.39. The number of carbonyl (C=O) groups excluding carboxylic acids is 1. The Bertz CT molecular complexity index is 189. The Hall–Kier alpha value is -0.830. The second kappa shape index (κ2) is 3.05. The van der Waals surface area contributed by atoms with E-state index in [4.69, 9.17) is 5.73 Å². The number of esters is 1. The lowest BCUT2D eigenvalue weighted by molar-refractivity contribution is -0.145. The molecule has 1 rings (SSSR count). The molecule has 0 bridgehead atoms. The molecular formula is C8H13NO2. The van der Waals surface area contributed by atoms with E-state index in [1.165, 1.54) is 7.11 Å². The Kier molecular flexibility index (Phi) is 2.29. The molecule has 62 valence electrons. The van der Waals surface area contributed by atoms with Gasteiger partial charge in [-0.2, -0.15) is 0 Å². The summed E-state index contributed by atoms with van der Waals surface area (Å²) in [6.07, 6.45) is 1.63. The van der Waals surface area contributed by atoms with E-state index < -0.39 is 0 Å². The highest BCUT2D eigenvalue weighted by Gasteiger charge is 2.33. The monoisotopic (exact) mass is 155 g/mol. The number of carbonyl (C=O) groups is 1. The lowest BCUT2D eigenvalue weighted by Crippen LogP contribution is -2.32. The highest BCUT2D eigenvalue weighted by atomic mass is 16.5. The summed E-state index contributed by atoms with van der Waals surface area (Å²) < 4.78 is 4.59. The van der Waals surface area contributed by atoms with Gasteiger partial charge in [0, 0.05) is 6.04 Å². The van der Waals surface area contributed by atoms with Gasteiger partial charge in [-0.25, -0.2) is 0 Å². The fourth-order valence-corrected chi connectivity index (χ4v) is 1.39. The summed E-state index contributed by atoms with van der Waals surface area (Å²) in [4.78, 5) is 11.0. The number of rotatable bonds is 1. The first-order chi connectivity index (χ1) is 5.16. The first kappa shape index (κ1) is 8.27. The second-order valence-corrected chi connectivity index (χ2v) is 2.85. The van der Waals surface area contributed by atoms with Crippen molar-refractivity contribution in [1.29, 1.82) is 0 Å². The van der Waals surface area contributed by atoms with Crippen molar-refractivity contribution in [1.82, 2.24) is 0 Å². The standard InChI is InChI=1S/C8H13NO2/c1-5-3-4-6(7(5)9)8(10)11-2/h6-7H,1,3-4,9H2,2H3/t6-,7-/m1/s1. The van der Waals surface area contributed by atoms with Gasteiger partial charge in [0.05, 0.1) is 13.0 Å². The SMILES string of the molecule is C=C1CC[C@@H](C(=O)OC)[C@@H]1N. The summed E-state index contributed by atoms with van der Waals surface area (Å²) in [6, 6.07) is -0.192. The Morgan fingerprint density at radius 1 is 1.82 bits per heavy atom. The molecule has 0 radical (unpaired) electrons. The summed E-state index contributed by atoms with van der Waals surface area (Å²) in [5, 5.41) is 0. The molecule has 1 aliphatic carbocycles. The van der Waals surface area contributed by atoms with Crippen molar-refractivity contribution in [2.24, 2.45) is 11.7 Å². The Labute approximate surface area is 66.2 Å². The van der Waals surface area contributed by atoms with Crippen LogP contribution < -0.4 is 5.73 Å². The summed E-state index contributed by atoms with van der Waals surface area (Å²) in [5.41, 5.74) is 6.66. The van der Waals surface area contributed by atoms with Crippen LogP contribution in [0.4, 0.5) is 0 Å². The van der Waals surface area contributed by atoms with Gasteiger partial charge in [-0.1, -0.05) is 12.2 Å². The van der Waals surface area contributed by atoms with Gasteiger partial charge in [-0.3, -0.25) is 4.79 Å². The van der Waals surface area contributed by atoms with Crippen LogP contribution in [0.2, 0.25) is 0 Å². The van der Waals surface area contributed by atoms with Gasteiger partial charge in [0.1, 0.15) is 0 Å². The van der Waals surface area contributed by atoms with Gasteiger partial charge in [0.15, 0.2) is 0 Å². The Morgan fingerprint density at radius 3 is 2.82 bits per heavy atom. The minimum Gasteiger partial charge on any atom is -0.469 e. The van der Waals surface area contributed by atoms with Crippen molar-refractivity contribution in [2.75, 3.05) is 7.11 Å². The molecule has 0 aromatic carbocycles. The fraction of sp³-hybridized carbons (Fsp3) is 0.625. The van der Waals surface area contributed by atoms with Crippen LogP contribution >= 0.6 is 0 Å². The summed E-state index contributed by atoms with van der Waals surface area (Å²) >= 11 is 0. The summed E-state index contributed by atoms with van der Waals surface area (Å²) in [5.74, 6) is -0.372. The molecule has 0 saturated heterocycles. The Balaban J connectivity index is 2.61. The van der Waals surface area contributed by atoms with E-state index in [2.05, 4.69) is 11.3 Å². The van der Waals surface area contributed by atoms with Crippen LogP contribution in [0.25, 0.3) is 0 Å². The highest BCUT2D eigenvalue weighted by Crippen LogP contribution is 2.28. The molecule has 1 saturated carbocycles. The van der Waals surface area contributed by atoms with E-state index in [0.717, 1.165) is 18.4 Å². The maximum Gasteiger partial charge on any atom is 0.310 e. The van der Waals surface area contributed by atoms with Gasteiger partial charge >= 0.3 is 5.97 Å². The van der Waals surface area contributed by atoms with Crippen molar-refractivity contribution >= 4 is 5.97 Å². The lowest BCUT2D eigenvalue weighted by Gasteiger charge is -2.12. The van der Waals surface area contributed by atoms with Crippen LogP contribution in [0, 0.1) is 5.92 Å². The molecule has 11 heavy (non-hydrogen) atoms. The first-order valence-electron chi connectivity index (χ1n) is 3.68. The van der Waals surface area contributed by atoms with Gasteiger partial charge < -0.3 is 10.5 Å². The predicted octanol–water partition coefficient (Wildman–Crippen LogP) is 0.453. The minimum absolute atomic E-state index is 0.160. The minimum atomic E-state index is -0.212. The topological polar surface area (TPSA) is 52.3 Å². The van der Waals surface area contributed by atoms with Crippen LogP contribution in [-0.2, 0) is 9.53 Å². The lowest BCUT2D eigenvalue weighted by atomic mass is 10.0. The maximum absolute atomic E-state index is 11.0. The van der Waals surface area contributed by atoms with Crippen LogP contribution in [0.3, 0.4) is 0 Å². The van der Waals surface area contributed by atoms with Crippen LogP contribution in [0.15, 0.2) is 12.2 Å². The molecule has 1 aliphatic rings. The number of hydrogen-bond donors (Lipinski definition) is 1. The molecule has 0 aromatic heterocycles. The Morgan fingerprint density at radius 2 is 2.45 bits per heavy atom. The van der Waals surface area contributed by atoms with E-state index in [1.807, 2.05) is 0 Å². The zero-order valence-electron chi connectivity index (χ0n) is 6.67. The largest absolute Gasteiger partial charge is 0.469 e. The molecule has 0 aliphatic heterocycles. The molecule has 0 heterocycles. The molecule has 2 N–H and O–H groups in total. The van der Waals surface area contributed by atoms with Crippen molar-refractivity contribution in [3.8, 4) is 0 Å². The number of ether oxygens (including phenoxy) is 1. The number of methoxy groups -OCH3 is 1. The normalized spacial score (nSPS) is 30.5. The smallest absolute Gasteiger partial charge is 0.310 e. The van der Waals surface area contributed by atoms with Crippen LogP contribution in [0.1, 0.15) is 12.8 Å². The zero-order chi connectivity index (χ0) is 8.43. The molecule has 0 aromatic rings. The molecule has 0 spiro atoms. The fourth-order valence-electron chi connectivity index (χ4n) is 1.39. The van der Waals surface area contributed by atoms with E-state index in [-0.39, 0.29) is 17.9 Å². The van der Waals surface area contributed by atoms with Crippen molar-refractivity contribution < 1.29 is 9.53 Å². The van der Waals surface area contributed by atoms with Gasteiger partial charge in [0.25, 0.3) is 0 Å². The predicted molar refractivity (Wildman–Crippen MR) is 41.9 cm³/mol. The maximum atomic E-state index is 11.0. The van der Waals surface area contributed by atoms with Gasteiger partial charge in [-0.15, -0.1) is 0 Å². The molecule has 3 heteroatoms. The number of hydrogen-bond acceptors (Lipinski definition) is 3. The van der Waals surface area contributed by atoms with E-state index >= 15 is 0 Å². The van der Waals surface area contributed by atoms with Crippen molar-refractivity contribution in [3.05, 3.63) is 12.2 Å². The molecular weight excluding hydrogens is 142 g/mol. The van der Waals surface area contributed by atoms with Crippen LogP contribution in [0.5, 0.6) is 0 Å². The molecule has 3 nitrogen and oxygen atoms in total. The highest BCUT2D eigenvalue weighted by molar-refractivity contribution is 5.74. The third-order valence-electron chi connectivity index (χ3n) is 2.19. The molecule has 0 unspecified atom stereocenters. The van der Waals surface area contributed by atoms with Crippen molar-refractivity contribution in [2.45, 2.75) is 18.9 Å². The molecule has 0 amide bonds. The quantitative estimate of drug-likeness (QED) is 0.442. The van der Waals surface area contributed by atoms with E-state index in [1.54, 1.807) is 0 Å². The average molecular weight is 155 g/mol. The first-order valence-corrected chi connectivity index (χ1v) is 3.68. The summed E-state index contributed by atoms with van der Waals surface area (Å²) in [6.45, 7) is 3.77. The zero-order valence-corrected chi connectivity index (χ0v) is 6.67. The molecule has 2 atom stereocenters. The second-order valence-electron chi connectivity index (χ2n) is 2.85. The van der Waals surface area contributed by atoms with Crippen LogP contribution in [-0.4, -0.2) is 19.1 Å². The van der Waals surface area contributed by atoms with Crippen molar-refractivity contribution in [3.63, 3.8) is 0 Å². The van der Waals surface area contributed by atoms with E-state index in [9.17, 15) is 4.79 Å². The van der Waals surface area contributed by atoms with Gasteiger partial charge in [-0.05, 0) is 12.8 Å². The molecule has 1 fully saturated rings. The average Bonchev–Trinajstić information content (AvgIpc) is 2.32.